The van der Waals surface area contributed by atoms with Crippen LogP contribution in [0.3, 0.4) is 0 Å². The second-order valence-electron chi connectivity index (χ2n) is 4.59. The fourth-order valence-electron chi connectivity index (χ4n) is 1.94. The third-order valence-electron chi connectivity index (χ3n) is 3.01. The fraction of sp³-hybridized carbons (Fsp3) is 0.500. The molecule has 4 N–H and O–H groups in total. The van der Waals surface area contributed by atoms with E-state index in [1.807, 2.05) is 0 Å². The number of nitrogens with one attached hydrogen (secondary N) is 1. The van der Waals surface area contributed by atoms with E-state index in [0.29, 0.717) is 6.42 Å². The Kier molecular flexibility index (Phi) is 6.22. The molecular formula is C14H23N3O. The largest absolute Gasteiger partial charge is 0.409 e. The molecule has 0 bridgehead atoms. The summed E-state index contributed by atoms with van der Waals surface area (Å²) in [5.74, 6) is 0.282. The molecule has 0 radical (unpaired) electrons. The zero-order valence-corrected chi connectivity index (χ0v) is 11.2. The van der Waals surface area contributed by atoms with Crippen LogP contribution in [0.2, 0.25) is 0 Å². The van der Waals surface area contributed by atoms with E-state index >= 15 is 0 Å². The molecule has 0 aromatic heterocycles. The van der Waals surface area contributed by atoms with Gasteiger partial charge in [0.2, 0.25) is 0 Å². The van der Waals surface area contributed by atoms with Gasteiger partial charge < -0.3 is 16.3 Å². The molecule has 0 saturated heterocycles. The highest BCUT2D eigenvalue weighted by Crippen LogP contribution is 2.05. The van der Waals surface area contributed by atoms with E-state index in [1.54, 1.807) is 0 Å². The molecule has 0 aliphatic rings. The van der Waals surface area contributed by atoms with Crippen LogP contribution in [0, 0.1) is 6.92 Å². The topological polar surface area (TPSA) is 70.6 Å². The highest BCUT2D eigenvalue weighted by atomic mass is 16.4. The standard InChI is InChI=1S/C14H23N3O/c1-3-13(10-14(15)17-18)16-8-7-12-6-4-5-11(2)9-12/h4-6,9,13,16,18H,3,7-8,10H2,1-2H3,(H2,15,17). The van der Waals surface area contributed by atoms with E-state index in [2.05, 4.69) is 48.6 Å². The molecule has 0 heterocycles. The van der Waals surface area contributed by atoms with Crippen molar-refractivity contribution in [2.45, 2.75) is 39.2 Å². The number of rotatable bonds is 7. The van der Waals surface area contributed by atoms with Gasteiger partial charge in [-0.1, -0.05) is 41.9 Å². The first-order valence-corrected chi connectivity index (χ1v) is 6.41. The molecule has 1 atom stereocenters. The van der Waals surface area contributed by atoms with Crippen LogP contribution in [0.5, 0.6) is 0 Å². The summed E-state index contributed by atoms with van der Waals surface area (Å²) in [6, 6.07) is 8.79. The van der Waals surface area contributed by atoms with Crippen LogP contribution >= 0.6 is 0 Å². The van der Waals surface area contributed by atoms with Gasteiger partial charge in [-0.25, -0.2) is 0 Å². The number of hydrogen-bond acceptors (Lipinski definition) is 3. The molecule has 4 heteroatoms. The smallest absolute Gasteiger partial charge is 0.140 e. The number of nitrogens with two attached hydrogens (primary N) is 1. The first-order valence-electron chi connectivity index (χ1n) is 6.41. The summed E-state index contributed by atoms with van der Waals surface area (Å²) in [4.78, 5) is 0. The summed E-state index contributed by atoms with van der Waals surface area (Å²) in [5.41, 5.74) is 8.13. The predicted molar refractivity (Wildman–Crippen MR) is 75.0 cm³/mol. The van der Waals surface area contributed by atoms with E-state index in [0.717, 1.165) is 19.4 Å². The number of benzene rings is 1. The first kappa shape index (κ1) is 14.5. The lowest BCUT2D eigenvalue weighted by atomic mass is 10.1. The summed E-state index contributed by atoms with van der Waals surface area (Å²) >= 11 is 0. The second-order valence-corrected chi connectivity index (χ2v) is 4.59. The summed E-state index contributed by atoms with van der Waals surface area (Å²) in [6.07, 6.45) is 2.54. The maximum Gasteiger partial charge on any atom is 0.140 e. The normalized spacial score (nSPS) is 13.6. The van der Waals surface area contributed by atoms with Crippen molar-refractivity contribution >= 4 is 5.84 Å². The third-order valence-corrected chi connectivity index (χ3v) is 3.01. The average molecular weight is 249 g/mol. The van der Waals surface area contributed by atoms with E-state index in [1.165, 1.54) is 11.1 Å². The molecule has 18 heavy (non-hydrogen) atoms. The van der Waals surface area contributed by atoms with Gasteiger partial charge >= 0.3 is 0 Å². The minimum Gasteiger partial charge on any atom is -0.409 e. The average Bonchev–Trinajstić information content (AvgIpc) is 2.37. The quantitative estimate of drug-likeness (QED) is 0.300. The molecule has 0 aliphatic heterocycles. The van der Waals surface area contributed by atoms with Crippen molar-refractivity contribution in [1.29, 1.82) is 0 Å². The number of hydrogen-bond donors (Lipinski definition) is 3. The number of oxime groups is 1. The molecule has 1 aromatic carbocycles. The Bertz CT molecular complexity index is 390. The molecular weight excluding hydrogens is 226 g/mol. The van der Waals surface area contributed by atoms with Crippen LogP contribution < -0.4 is 11.1 Å². The lowest BCUT2D eigenvalue weighted by molar-refractivity contribution is 0.315. The van der Waals surface area contributed by atoms with Crippen molar-refractivity contribution in [2.24, 2.45) is 10.9 Å². The van der Waals surface area contributed by atoms with Crippen molar-refractivity contribution in [3.63, 3.8) is 0 Å². The Morgan fingerprint density at radius 1 is 1.50 bits per heavy atom. The van der Waals surface area contributed by atoms with Crippen LogP contribution in [0.25, 0.3) is 0 Å². The van der Waals surface area contributed by atoms with Crippen LogP contribution in [-0.2, 0) is 6.42 Å². The highest BCUT2D eigenvalue weighted by Gasteiger charge is 2.07. The molecule has 100 valence electrons. The van der Waals surface area contributed by atoms with Crippen LogP contribution in [0.4, 0.5) is 0 Å². The number of aryl methyl sites for hydroxylation is 1. The van der Waals surface area contributed by atoms with Crippen molar-refractivity contribution < 1.29 is 5.21 Å². The maximum absolute atomic E-state index is 8.55. The Balaban J connectivity index is 2.35. The maximum atomic E-state index is 8.55. The van der Waals surface area contributed by atoms with Crippen LogP contribution in [-0.4, -0.2) is 23.6 Å². The van der Waals surface area contributed by atoms with Gasteiger partial charge in [-0.2, -0.15) is 0 Å². The van der Waals surface area contributed by atoms with Gasteiger partial charge in [0.05, 0.1) is 0 Å². The number of amidine groups is 1. The van der Waals surface area contributed by atoms with Crippen LogP contribution in [0.15, 0.2) is 29.4 Å². The number of nitrogens with zero attached hydrogens (tertiary/aromatic N) is 1. The minimum atomic E-state index is 0.269. The summed E-state index contributed by atoms with van der Waals surface area (Å²) in [5, 5.41) is 15.0. The monoisotopic (exact) mass is 249 g/mol. The molecule has 0 spiro atoms. The lowest BCUT2D eigenvalue weighted by Gasteiger charge is -2.16. The van der Waals surface area contributed by atoms with Gasteiger partial charge in [-0.15, -0.1) is 0 Å². The molecule has 1 aromatic rings. The Labute approximate surface area is 109 Å². The molecule has 1 unspecified atom stereocenters. The van der Waals surface area contributed by atoms with Crippen molar-refractivity contribution in [2.75, 3.05) is 6.54 Å². The molecule has 4 nitrogen and oxygen atoms in total. The molecule has 0 saturated carbocycles. The van der Waals surface area contributed by atoms with Gasteiger partial charge in [0.25, 0.3) is 0 Å². The predicted octanol–water partition coefficient (Wildman–Crippen LogP) is 2.04. The highest BCUT2D eigenvalue weighted by molar-refractivity contribution is 5.80. The Hall–Kier alpha value is -1.55. The fourth-order valence-corrected chi connectivity index (χ4v) is 1.94. The van der Waals surface area contributed by atoms with Gasteiger partial charge in [-0.05, 0) is 31.9 Å². The molecule has 0 fully saturated rings. The molecule has 0 aliphatic carbocycles. The van der Waals surface area contributed by atoms with E-state index < -0.39 is 0 Å². The molecule has 0 amide bonds. The van der Waals surface area contributed by atoms with Gasteiger partial charge in [0.1, 0.15) is 5.84 Å². The van der Waals surface area contributed by atoms with E-state index in [9.17, 15) is 0 Å². The summed E-state index contributed by atoms with van der Waals surface area (Å²) in [6.45, 7) is 5.10. The third kappa shape index (κ3) is 5.19. The van der Waals surface area contributed by atoms with Gasteiger partial charge in [0, 0.05) is 12.5 Å². The minimum absolute atomic E-state index is 0.269. The summed E-state index contributed by atoms with van der Waals surface area (Å²) in [7, 11) is 0. The zero-order valence-electron chi connectivity index (χ0n) is 11.2. The zero-order chi connectivity index (χ0) is 13.4. The molecule has 1 rings (SSSR count). The van der Waals surface area contributed by atoms with Gasteiger partial charge in [0.15, 0.2) is 0 Å². The Morgan fingerprint density at radius 3 is 2.89 bits per heavy atom. The lowest BCUT2D eigenvalue weighted by Crippen LogP contribution is -2.34. The van der Waals surface area contributed by atoms with Crippen molar-refractivity contribution in [1.82, 2.24) is 5.32 Å². The van der Waals surface area contributed by atoms with Crippen LogP contribution in [0.1, 0.15) is 30.9 Å². The van der Waals surface area contributed by atoms with Crippen molar-refractivity contribution in [3.05, 3.63) is 35.4 Å². The van der Waals surface area contributed by atoms with E-state index in [-0.39, 0.29) is 11.9 Å². The van der Waals surface area contributed by atoms with Crippen molar-refractivity contribution in [3.8, 4) is 0 Å². The van der Waals surface area contributed by atoms with E-state index in [4.69, 9.17) is 10.9 Å². The second kappa shape index (κ2) is 7.71. The Morgan fingerprint density at radius 2 is 2.28 bits per heavy atom. The summed E-state index contributed by atoms with van der Waals surface area (Å²) < 4.78 is 0. The SMILES string of the molecule is CCC(CC(N)=NO)NCCc1cccc(C)c1. The van der Waals surface area contributed by atoms with Gasteiger partial charge in [-0.3, -0.25) is 0 Å². The first-order chi connectivity index (χ1) is 8.65.